The zero-order chi connectivity index (χ0) is 14.8. The lowest BCUT2D eigenvalue weighted by atomic mass is 10.1. The molecule has 1 aliphatic heterocycles. The lowest BCUT2D eigenvalue weighted by molar-refractivity contribution is -0.0137. The molecular formula is C15H15ClN2O3. The minimum atomic E-state index is -0.161. The van der Waals surface area contributed by atoms with Crippen molar-refractivity contribution in [1.29, 1.82) is 0 Å². The van der Waals surface area contributed by atoms with Gasteiger partial charge in [-0.3, -0.25) is 4.79 Å². The summed E-state index contributed by atoms with van der Waals surface area (Å²) in [5, 5.41) is 4.57. The Morgan fingerprint density at radius 3 is 3.05 bits per heavy atom. The largest absolute Gasteiger partial charge is 0.375 e. The molecule has 0 unspecified atom stereocenters. The number of amides is 1. The fourth-order valence-corrected chi connectivity index (χ4v) is 2.51. The van der Waals surface area contributed by atoms with Gasteiger partial charge in [0.25, 0.3) is 5.91 Å². The molecule has 2 heterocycles. The maximum absolute atomic E-state index is 12.4. The maximum atomic E-state index is 12.4. The molecule has 1 aromatic carbocycles. The molecule has 5 nitrogen and oxygen atoms in total. The summed E-state index contributed by atoms with van der Waals surface area (Å²) in [5.74, 6) is 0.0741. The van der Waals surface area contributed by atoms with Crippen molar-refractivity contribution in [2.45, 2.75) is 13.0 Å². The lowest BCUT2D eigenvalue weighted by Gasteiger charge is -2.30. The number of halogens is 1. The van der Waals surface area contributed by atoms with Crippen LogP contribution in [0.25, 0.3) is 11.3 Å². The normalized spacial score (nSPS) is 18.8. The van der Waals surface area contributed by atoms with Gasteiger partial charge in [-0.1, -0.05) is 28.9 Å². The first-order chi connectivity index (χ1) is 10.1. The molecule has 3 rings (SSSR count). The molecule has 1 aromatic heterocycles. The molecule has 0 radical (unpaired) electrons. The van der Waals surface area contributed by atoms with E-state index in [1.165, 1.54) is 0 Å². The number of nitrogens with zero attached hydrogens (tertiary/aromatic N) is 2. The van der Waals surface area contributed by atoms with Gasteiger partial charge in [0.15, 0.2) is 0 Å². The van der Waals surface area contributed by atoms with Gasteiger partial charge in [0.2, 0.25) is 5.76 Å². The second-order valence-corrected chi connectivity index (χ2v) is 5.46. The smallest absolute Gasteiger partial charge is 0.292 e. The van der Waals surface area contributed by atoms with Gasteiger partial charge in [0, 0.05) is 29.7 Å². The third-order valence-electron chi connectivity index (χ3n) is 3.37. The predicted molar refractivity (Wildman–Crippen MR) is 78.3 cm³/mol. The summed E-state index contributed by atoms with van der Waals surface area (Å²) in [5.41, 5.74) is 1.42. The third kappa shape index (κ3) is 3.09. The van der Waals surface area contributed by atoms with Gasteiger partial charge in [-0.2, -0.15) is 0 Å². The van der Waals surface area contributed by atoms with Crippen LogP contribution in [0.1, 0.15) is 17.5 Å². The van der Waals surface area contributed by atoms with Crippen LogP contribution in [0.3, 0.4) is 0 Å². The van der Waals surface area contributed by atoms with E-state index in [4.69, 9.17) is 20.9 Å². The van der Waals surface area contributed by atoms with Crippen molar-refractivity contribution in [3.63, 3.8) is 0 Å². The van der Waals surface area contributed by atoms with E-state index >= 15 is 0 Å². The maximum Gasteiger partial charge on any atom is 0.292 e. The quantitative estimate of drug-likeness (QED) is 0.856. The van der Waals surface area contributed by atoms with Crippen molar-refractivity contribution in [1.82, 2.24) is 10.1 Å². The molecule has 110 valence electrons. The van der Waals surface area contributed by atoms with E-state index in [1.54, 1.807) is 23.1 Å². The van der Waals surface area contributed by atoms with Crippen LogP contribution in [0.15, 0.2) is 34.9 Å². The molecule has 1 saturated heterocycles. The molecule has 1 amide bonds. The number of hydrogen-bond acceptors (Lipinski definition) is 4. The number of carbonyl (C=O) groups excluding carboxylic acids is 1. The summed E-state index contributed by atoms with van der Waals surface area (Å²) in [4.78, 5) is 14.1. The van der Waals surface area contributed by atoms with Crippen molar-refractivity contribution < 1.29 is 14.1 Å². The van der Waals surface area contributed by atoms with E-state index in [0.29, 0.717) is 30.4 Å². The van der Waals surface area contributed by atoms with E-state index in [-0.39, 0.29) is 17.8 Å². The zero-order valence-corrected chi connectivity index (χ0v) is 12.3. The highest BCUT2D eigenvalue weighted by atomic mass is 35.5. The lowest BCUT2D eigenvalue weighted by Crippen LogP contribution is -2.44. The van der Waals surface area contributed by atoms with Crippen molar-refractivity contribution in [3.05, 3.63) is 41.1 Å². The fraction of sp³-hybridized carbons (Fsp3) is 0.333. The highest BCUT2D eigenvalue weighted by molar-refractivity contribution is 6.30. The number of hydrogen-bond donors (Lipinski definition) is 0. The van der Waals surface area contributed by atoms with E-state index in [2.05, 4.69) is 5.16 Å². The SMILES string of the molecule is C[C@@H]1CN(C(=O)c2cc(-c3cccc(Cl)c3)no2)CCO1. The topological polar surface area (TPSA) is 55.6 Å². The Bertz CT molecular complexity index is 656. The minimum absolute atomic E-state index is 0.0398. The van der Waals surface area contributed by atoms with Crippen LogP contribution in [-0.4, -0.2) is 41.8 Å². The van der Waals surface area contributed by atoms with Crippen LogP contribution in [0.5, 0.6) is 0 Å². The van der Waals surface area contributed by atoms with Gasteiger partial charge in [-0.25, -0.2) is 0 Å². The van der Waals surface area contributed by atoms with Crippen LogP contribution in [0, 0.1) is 0 Å². The summed E-state index contributed by atoms with van der Waals surface area (Å²) in [6, 6.07) is 8.91. The van der Waals surface area contributed by atoms with Crippen LogP contribution < -0.4 is 0 Å². The van der Waals surface area contributed by atoms with Crippen LogP contribution in [-0.2, 0) is 4.74 Å². The molecule has 21 heavy (non-hydrogen) atoms. The first-order valence-corrected chi connectivity index (χ1v) is 7.15. The number of ether oxygens (including phenoxy) is 1. The van der Waals surface area contributed by atoms with Gasteiger partial charge in [-0.05, 0) is 19.1 Å². The molecule has 0 saturated carbocycles. The zero-order valence-electron chi connectivity index (χ0n) is 11.6. The monoisotopic (exact) mass is 306 g/mol. The molecule has 0 aliphatic carbocycles. The van der Waals surface area contributed by atoms with Crippen molar-refractivity contribution in [2.75, 3.05) is 19.7 Å². The fourth-order valence-electron chi connectivity index (χ4n) is 2.32. The first-order valence-electron chi connectivity index (χ1n) is 6.77. The molecule has 2 aromatic rings. The summed E-state index contributed by atoms with van der Waals surface area (Å²) in [6.45, 7) is 3.61. The summed E-state index contributed by atoms with van der Waals surface area (Å²) in [7, 11) is 0. The van der Waals surface area contributed by atoms with Crippen LogP contribution in [0.4, 0.5) is 0 Å². The predicted octanol–water partition coefficient (Wildman–Crippen LogP) is 2.86. The summed E-state index contributed by atoms with van der Waals surface area (Å²) in [6.07, 6.45) is 0.0398. The molecular weight excluding hydrogens is 292 g/mol. The van der Waals surface area contributed by atoms with Gasteiger partial charge in [-0.15, -0.1) is 0 Å². The summed E-state index contributed by atoms with van der Waals surface area (Å²) >= 11 is 5.95. The number of morpholine rings is 1. The van der Waals surface area contributed by atoms with Crippen LogP contribution in [0.2, 0.25) is 5.02 Å². The third-order valence-corrected chi connectivity index (χ3v) is 3.60. The van der Waals surface area contributed by atoms with Crippen molar-refractivity contribution in [3.8, 4) is 11.3 Å². The molecule has 1 fully saturated rings. The molecule has 0 spiro atoms. The average molecular weight is 307 g/mol. The number of aromatic nitrogens is 1. The minimum Gasteiger partial charge on any atom is -0.375 e. The van der Waals surface area contributed by atoms with E-state index in [9.17, 15) is 4.79 Å². The Labute approximate surface area is 127 Å². The van der Waals surface area contributed by atoms with Crippen LogP contribution >= 0.6 is 11.6 Å². The summed E-state index contributed by atoms with van der Waals surface area (Å²) < 4.78 is 10.6. The molecule has 6 heteroatoms. The average Bonchev–Trinajstić information content (AvgIpc) is 2.96. The standard InChI is InChI=1S/C15H15ClN2O3/c1-10-9-18(5-6-20-10)15(19)14-8-13(17-21-14)11-3-2-4-12(16)7-11/h2-4,7-8,10H,5-6,9H2,1H3/t10-/m1/s1. The Balaban J connectivity index is 1.80. The molecule has 0 bridgehead atoms. The second kappa shape index (κ2) is 5.87. The Kier molecular flexibility index (Phi) is 3.94. The van der Waals surface area contributed by atoms with Crippen molar-refractivity contribution in [2.24, 2.45) is 0 Å². The highest BCUT2D eigenvalue weighted by Crippen LogP contribution is 2.23. The Hall–Kier alpha value is -1.85. The molecule has 1 atom stereocenters. The number of benzene rings is 1. The second-order valence-electron chi connectivity index (χ2n) is 5.02. The van der Waals surface area contributed by atoms with E-state index in [0.717, 1.165) is 5.56 Å². The van der Waals surface area contributed by atoms with E-state index < -0.39 is 0 Å². The van der Waals surface area contributed by atoms with Gasteiger partial charge >= 0.3 is 0 Å². The van der Waals surface area contributed by atoms with Gasteiger partial charge < -0.3 is 14.2 Å². The molecule has 0 N–H and O–H groups in total. The Morgan fingerprint density at radius 1 is 1.43 bits per heavy atom. The Morgan fingerprint density at radius 2 is 2.29 bits per heavy atom. The number of rotatable bonds is 2. The van der Waals surface area contributed by atoms with Crippen molar-refractivity contribution >= 4 is 17.5 Å². The van der Waals surface area contributed by atoms with E-state index in [1.807, 2.05) is 19.1 Å². The number of carbonyl (C=O) groups is 1. The van der Waals surface area contributed by atoms with Gasteiger partial charge in [0.05, 0.1) is 12.7 Å². The van der Waals surface area contributed by atoms with Gasteiger partial charge in [0.1, 0.15) is 5.69 Å². The first kappa shape index (κ1) is 14.1. The molecule has 1 aliphatic rings. The highest BCUT2D eigenvalue weighted by Gasteiger charge is 2.25.